The van der Waals surface area contributed by atoms with Gasteiger partial charge in [-0.2, -0.15) is 0 Å². The average molecular weight is 222 g/mol. The summed E-state index contributed by atoms with van der Waals surface area (Å²) in [5.74, 6) is -2.18. The third-order valence-corrected chi connectivity index (χ3v) is 2.09. The summed E-state index contributed by atoms with van der Waals surface area (Å²) in [6.07, 6.45) is 0. The molecule has 1 aromatic carbocycles. The molecule has 1 atom stereocenters. The molecule has 0 amide bonds. The zero-order valence-electron chi connectivity index (χ0n) is 9.30. The van der Waals surface area contributed by atoms with Gasteiger partial charge in [-0.25, -0.2) is 0 Å². The summed E-state index contributed by atoms with van der Waals surface area (Å²) in [7, 11) is 1.25. The highest BCUT2D eigenvalue weighted by Gasteiger charge is 2.30. The van der Waals surface area contributed by atoms with Gasteiger partial charge in [-0.15, -0.1) is 0 Å². The van der Waals surface area contributed by atoms with Crippen molar-refractivity contribution in [2.24, 2.45) is 0 Å². The predicted molar refractivity (Wildman–Crippen MR) is 57.8 cm³/mol. The van der Waals surface area contributed by atoms with E-state index in [2.05, 4.69) is 4.74 Å². The number of rotatable bonds is 4. The van der Waals surface area contributed by atoms with Crippen LogP contribution >= 0.6 is 0 Å². The number of methoxy groups -OCH3 is 1. The van der Waals surface area contributed by atoms with E-state index in [0.29, 0.717) is 5.56 Å². The zero-order valence-corrected chi connectivity index (χ0v) is 9.30. The molecular formula is C12H14O4. The fraction of sp³-hybridized carbons (Fsp3) is 0.333. The molecule has 0 fully saturated rings. The van der Waals surface area contributed by atoms with Gasteiger partial charge in [0.15, 0.2) is 5.92 Å². The summed E-state index contributed by atoms with van der Waals surface area (Å²) in [4.78, 5) is 23.1. The van der Waals surface area contributed by atoms with Gasteiger partial charge in [0, 0.05) is 0 Å². The lowest BCUT2D eigenvalue weighted by Gasteiger charge is -2.13. The smallest absolute Gasteiger partial charge is 0.324 e. The average Bonchev–Trinajstić information content (AvgIpc) is 2.31. The monoisotopic (exact) mass is 222 g/mol. The second-order valence-corrected chi connectivity index (χ2v) is 3.12. The lowest BCUT2D eigenvalue weighted by Crippen LogP contribution is -2.25. The molecule has 1 aromatic rings. The molecule has 86 valence electrons. The highest BCUT2D eigenvalue weighted by molar-refractivity contribution is 6.00. The van der Waals surface area contributed by atoms with E-state index in [1.54, 1.807) is 31.2 Å². The van der Waals surface area contributed by atoms with Crippen LogP contribution in [0.15, 0.2) is 30.3 Å². The molecule has 0 saturated heterocycles. The van der Waals surface area contributed by atoms with E-state index < -0.39 is 17.9 Å². The van der Waals surface area contributed by atoms with Crippen molar-refractivity contribution in [2.45, 2.75) is 12.8 Å². The molecule has 16 heavy (non-hydrogen) atoms. The number of hydrogen-bond acceptors (Lipinski definition) is 4. The minimum atomic E-state index is -0.994. The predicted octanol–water partition coefficient (Wildman–Crippen LogP) is 1.51. The van der Waals surface area contributed by atoms with E-state index in [1.165, 1.54) is 7.11 Å². The van der Waals surface area contributed by atoms with Crippen molar-refractivity contribution in [3.63, 3.8) is 0 Å². The third-order valence-electron chi connectivity index (χ3n) is 2.09. The van der Waals surface area contributed by atoms with Crippen LogP contribution in [0.4, 0.5) is 0 Å². The van der Waals surface area contributed by atoms with Crippen LogP contribution in [-0.2, 0) is 19.1 Å². The molecule has 0 saturated carbocycles. The van der Waals surface area contributed by atoms with Crippen LogP contribution in [-0.4, -0.2) is 25.7 Å². The van der Waals surface area contributed by atoms with Crippen LogP contribution in [0.1, 0.15) is 18.4 Å². The van der Waals surface area contributed by atoms with Crippen LogP contribution in [0, 0.1) is 0 Å². The molecule has 0 heterocycles. The van der Waals surface area contributed by atoms with Crippen LogP contribution < -0.4 is 0 Å². The summed E-state index contributed by atoms with van der Waals surface area (Å²) in [5, 5.41) is 0. The van der Waals surface area contributed by atoms with Gasteiger partial charge in [0.2, 0.25) is 0 Å². The molecule has 0 aliphatic carbocycles. The summed E-state index contributed by atoms with van der Waals surface area (Å²) >= 11 is 0. The molecule has 0 radical (unpaired) electrons. The molecule has 0 aliphatic rings. The van der Waals surface area contributed by atoms with Gasteiger partial charge in [-0.1, -0.05) is 30.3 Å². The fourth-order valence-electron chi connectivity index (χ4n) is 1.36. The molecule has 0 spiro atoms. The first kappa shape index (κ1) is 12.2. The molecule has 0 N–H and O–H groups in total. The van der Waals surface area contributed by atoms with Gasteiger partial charge in [0.25, 0.3) is 0 Å². The standard InChI is InChI=1S/C12H14O4/c1-3-16-12(14)10(11(13)15-2)9-7-5-4-6-8-9/h4-8,10H,3H2,1-2H3. The Balaban J connectivity index is 2.97. The molecule has 0 bridgehead atoms. The summed E-state index contributed by atoms with van der Waals surface area (Å²) < 4.78 is 9.44. The Bertz CT molecular complexity index is 359. The maximum atomic E-state index is 11.6. The summed E-state index contributed by atoms with van der Waals surface area (Å²) in [5.41, 5.74) is 0.577. The SMILES string of the molecule is CCOC(=O)C(C(=O)OC)c1ccccc1. The Morgan fingerprint density at radius 2 is 1.81 bits per heavy atom. The van der Waals surface area contributed by atoms with E-state index in [9.17, 15) is 9.59 Å². The second kappa shape index (κ2) is 5.90. The Morgan fingerprint density at radius 1 is 1.19 bits per heavy atom. The summed E-state index contributed by atoms with van der Waals surface area (Å²) in [6.45, 7) is 1.93. The van der Waals surface area contributed by atoms with Gasteiger partial charge in [0.1, 0.15) is 0 Å². The van der Waals surface area contributed by atoms with Gasteiger partial charge >= 0.3 is 11.9 Å². The topological polar surface area (TPSA) is 52.6 Å². The first-order valence-electron chi connectivity index (χ1n) is 5.00. The number of hydrogen-bond donors (Lipinski definition) is 0. The van der Waals surface area contributed by atoms with Crippen LogP contribution in [0.25, 0.3) is 0 Å². The Morgan fingerprint density at radius 3 is 2.31 bits per heavy atom. The van der Waals surface area contributed by atoms with Crippen LogP contribution in [0.3, 0.4) is 0 Å². The minimum Gasteiger partial charge on any atom is -0.468 e. The zero-order chi connectivity index (χ0) is 12.0. The van der Waals surface area contributed by atoms with E-state index in [4.69, 9.17) is 4.74 Å². The molecule has 1 rings (SSSR count). The van der Waals surface area contributed by atoms with Gasteiger partial charge in [-0.05, 0) is 12.5 Å². The van der Waals surface area contributed by atoms with Crippen LogP contribution in [0.2, 0.25) is 0 Å². The molecule has 4 heteroatoms. The normalized spacial score (nSPS) is 11.6. The highest BCUT2D eigenvalue weighted by atomic mass is 16.5. The van der Waals surface area contributed by atoms with E-state index >= 15 is 0 Å². The van der Waals surface area contributed by atoms with E-state index in [0.717, 1.165) is 0 Å². The fourth-order valence-corrected chi connectivity index (χ4v) is 1.36. The van der Waals surface area contributed by atoms with Gasteiger partial charge in [0.05, 0.1) is 13.7 Å². The highest BCUT2D eigenvalue weighted by Crippen LogP contribution is 2.18. The van der Waals surface area contributed by atoms with Crippen molar-refractivity contribution in [3.05, 3.63) is 35.9 Å². The minimum absolute atomic E-state index is 0.235. The number of carbonyl (C=O) groups is 2. The lowest BCUT2D eigenvalue weighted by atomic mass is 9.99. The first-order chi connectivity index (χ1) is 7.70. The Hall–Kier alpha value is -1.84. The Kier molecular flexibility index (Phi) is 4.51. The number of esters is 2. The maximum Gasteiger partial charge on any atom is 0.324 e. The molecular weight excluding hydrogens is 208 g/mol. The lowest BCUT2D eigenvalue weighted by molar-refractivity contribution is -0.155. The summed E-state index contributed by atoms with van der Waals surface area (Å²) in [6, 6.07) is 8.70. The van der Waals surface area contributed by atoms with Crippen molar-refractivity contribution in [1.29, 1.82) is 0 Å². The second-order valence-electron chi connectivity index (χ2n) is 3.12. The number of ether oxygens (including phenoxy) is 2. The Labute approximate surface area is 94.2 Å². The maximum absolute atomic E-state index is 11.6. The van der Waals surface area contributed by atoms with Crippen molar-refractivity contribution in [3.8, 4) is 0 Å². The van der Waals surface area contributed by atoms with Crippen molar-refractivity contribution < 1.29 is 19.1 Å². The molecule has 0 aliphatic heterocycles. The van der Waals surface area contributed by atoms with Gasteiger partial charge < -0.3 is 9.47 Å². The number of carbonyl (C=O) groups excluding carboxylic acids is 2. The van der Waals surface area contributed by atoms with E-state index in [1.807, 2.05) is 6.07 Å². The van der Waals surface area contributed by atoms with Crippen molar-refractivity contribution in [2.75, 3.05) is 13.7 Å². The third kappa shape index (κ3) is 2.82. The van der Waals surface area contributed by atoms with Gasteiger partial charge in [-0.3, -0.25) is 9.59 Å². The molecule has 0 aromatic heterocycles. The quantitative estimate of drug-likeness (QED) is 0.572. The largest absolute Gasteiger partial charge is 0.468 e. The van der Waals surface area contributed by atoms with Crippen molar-refractivity contribution in [1.82, 2.24) is 0 Å². The van der Waals surface area contributed by atoms with E-state index in [-0.39, 0.29) is 6.61 Å². The van der Waals surface area contributed by atoms with Crippen molar-refractivity contribution >= 4 is 11.9 Å². The number of benzene rings is 1. The molecule has 4 nitrogen and oxygen atoms in total. The molecule has 1 unspecified atom stereocenters. The first-order valence-corrected chi connectivity index (χ1v) is 5.00. The van der Waals surface area contributed by atoms with Crippen LogP contribution in [0.5, 0.6) is 0 Å².